The molecule has 0 aliphatic rings. The van der Waals surface area contributed by atoms with Crippen LogP contribution in [0.25, 0.3) is 0 Å². The molecule has 0 bridgehead atoms. The molecule has 0 aliphatic carbocycles. The van der Waals surface area contributed by atoms with Gasteiger partial charge in [-0.3, -0.25) is 9.59 Å². The molecule has 1 aromatic rings. The number of amides is 2. The van der Waals surface area contributed by atoms with Crippen LogP contribution < -0.4 is 10.6 Å². The Bertz CT molecular complexity index is 455. The second kappa shape index (κ2) is 7.19. The molecule has 1 rings (SSSR count). The first-order valence-electron chi connectivity index (χ1n) is 6.17. The Morgan fingerprint density at radius 3 is 2.63 bits per heavy atom. The van der Waals surface area contributed by atoms with E-state index < -0.39 is 0 Å². The van der Waals surface area contributed by atoms with Crippen LogP contribution in [0.2, 0.25) is 0 Å². The second-order valence-electron chi connectivity index (χ2n) is 4.55. The summed E-state index contributed by atoms with van der Waals surface area (Å²) in [5, 5.41) is 5.38. The smallest absolute Gasteiger partial charge is 0.287 e. The van der Waals surface area contributed by atoms with Crippen molar-refractivity contribution in [3.05, 3.63) is 23.2 Å². The van der Waals surface area contributed by atoms with Crippen molar-refractivity contribution >= 4 is 23.4 Å². The maximum Gasteiger partial charge on any atom is 0.287 e. The third-order valence-electron chi connectivity index (χ3n) is 2.48. The summed E-state index contributed by atoms with van der Waals surface area (Å²) in [6, 6.07) is 1.72. The molecule has 0 unspecified atom stereocenters. The first-order chi connectivity index (χ1) is 8.93. The molecule has 2 amide bonds. The molecule has 5 nitrogen and oxygen atoms in total. The second-order valence-corrected chi connectivity index (χ2v) is 4.82. The number of nitrogens with one attached hydrogen (secondary N) is 2. The Hall–Kier alpha value is -1.49. The number of aryl methyl sites for hydroxylation is 1. The summed E-state index contributed by atoms with van der Waals surface area (Å²) in [6.07, 6.45) is 0.242. The van der Waals surface area contributed by atoms with Gasteiger partial charge in [-0.15, -0.1) is 11.6 Å². The Morgan fingerprint density at radius 2 is 2.11 bits per heavy atom. The van der Waals surface area contributed by atoms with E-state index in [1.54, 1.807) is 13.0 Å². The summed E-state index contributed by atoms with van der Waals surface area (Å²) in [7, 11) is 0. The lowest BCUT2D eigenvalue weighted by molar-refractivity contribution is -0.121. The quantitative estimate of drug-likeness (QED) is 0.786. The fourth-order valence-electron chi connectivity index (χ4n) is 1.54. The van der Waals surface area contributed by atoms with Crippen LogP contribution in [0, 0.1) is 6.92 Å². The van der Waals surface area contributed by atoms with Gasteiger partial charge < -0.3 is 15.1 Å². The zero-order valence-electron chi connectivity index (χ0n) is 11.4. The van der Waals surface area contributed by atoms with Crippen molar-refractivity contribution in [3.63, 3.8) is 0 Å². The minimum Gasteiger partial charge on any atom is -0.456 e. The van der Waals surface area contributed by atoms with Gasteiger partial charge >= 0.3 is 0 Å². The Balaban J connectivity index is 2.41. The predicted octanol–water partition coefficient (Wildman–Crippen LogP) is 1.97. The fraction of sp³-hybridized carbons (Fsp3) is 0.538. The van der Waals surface area contributed by atoms with E-state index in [4.69, 9.17) is 16.0 Å². The van der Waals surface area contributed by atoms with E-state index in [2.05, 4.69) is 10.6 Å². The fourth-order valence-corrected chi connectivity index (χ4v) is 1.80. The van der Waals surface area contributed by atoms with Crippen molar-refractivity contribution < 1.29 is 14.0 Å². The number of halogens is 1. The molecule has 0 radical (unpaired) electrons. The van der Waals surface area contributed by atoms with Crippen molar-refractivity contribution in [2.75, 3.05) is 6.54 Å². The molecule has 19 heavy (non-hydrogen) atoms. The monoisotopic (exact) mass is 286 g/mol. The zero-order valence-corrected chi connectivity index (χ0v) is 12.1. The van der Waals surface area contributed by atoms with E-state index in [1.807, 2.05) is 13.8 Å². The van der Waals surface area contributed by atoms with Gasteiger partial charge in [0.25, 0.3) is 5.91 Å². The van der Waals surface area contributed by atoms with Gasteiger partial charge in [-0.25, -0.2) is 0 Å². The molecule has 106 valence electrons. The standard InChI is InChI=1S/C13H19ClN2O3/c1-8(2)16-12(17)4-5-15-13(18)11-6-10(7-14)9(3)19-11/h6,8H,4-5,7H2,1-3H3,(H,15,18)(H,16,17). The van der Waals surface area contributed by atoms with Gasteiger partial charge in [0.15, 0.2) is 5.76 Å². The van der Waals surface area contributed by atoms with Crippen LogP contribution in [0.3, 0.4) is 0 Å². The van der Waals surface area contributed by atoms with Gasteiger partial charge in [-0.05, 0) is 26.8 Å². The first-order valence-corrected chi connectivity index (χ1v) is 6.70. The van der Waals surface area contributed by atoms with Crippen molar-refractivity contribution in [2.45, 2.75) is 39.1 Å². The minimum atomic E-state index is -0.336. The maximum atomic E-state index is 11.8. The lowest BCUT2D eigenvalue weighted by Crippen LogP contribution is -2.34. The van der Waals surface area contributed by atoms with Crippen LogP contribution in [-0.2, 0) is 10.7 Å². The van der Waals surface area contributed by atoms with Crippen molar-refractivity contribution in [2.24, 2.45) is 0 Å². The summed E-state index contributed by atoms with van der Waals surface area (Å²) >= 11 is 5.70. The van der Waals surface area contributed by atoms with Gasteiger partial charge in [0.2, 0.25) is 5.91 Å². The molecule has 6 heteroatoms. The molecule has 0 aliphatic heterocycles. The highest BCUT2D eigenvalue weighted by atomic mass is 35.5. The van der Waals surface area contributed by atoms with E-state index >= 15 is 0 Å². The van der Waals surface area contributed by atoms with E-state index in [9.17, 15) is 9.59 Å². The van der Waals surface area contributed by atoms with E-state index in [-0.39, 0.29) is 36.6 Å². The number of furan rings is 1. The van der Waals surface area contributed by atoms with Crippen LogP contribution in [0.5, 0.6) is 0 Å². The highest BCUT2D eigenvalue weighted by Gasteiger charge is 2.14. The summed E-state index contributed by atoms with van der Waals surface area (Å²) in [5.74, 6) is 0.735. The largest absolute Gasteiger partial charge is 0.456 e. The molecule has 0 saturated carbocycles. The third-order valence-corrected chi connectivity index (χ3v) is 2.76. The molecule has 1 heterocycles. The zero-order chi connectivity index (χ0) is 14.4. The molecule has 0 saturated heterocycles. The average molecular weight is 287 g/mol. The summed E-state index contributed by atoms with van der Waals surface area (Å²) < 4.78 is 5.29. The molecular formula is C13H19ClN2O3. The third kappa shape index (κ3) is 4.95. The molecule has 0 spiro atoms. The van der Waals surface area contributed by atoms with Crippen LogP contribution in [0.15, 0.2) is 10.5 Å². The first kappa shape index (κ1) is 15.6. The number of hydrogen-bond acceptors (Lipinski definition) is 3. The number of rotatable bonds is 6. The van der Waals surface area contributed by atoms with Gasteiger partial charge in [-0.1, -0.05) is 0 Å². The summed E-state index contributed by atoms with van der Waals surface area (Å²) in [4.78, 5) is 23.1. The van der Waals surface area contributed by atoms with Gasteiger partial charge in [0.1, 0.15) is 5.76 Å². The SMILES string of the molecule is Cc1oc(C(=O)NCCC(=O)NC(C)C)cc1CCl. The molecule has 1 aromatic heterocycles. The van der Waals surface area contributed by atoms with Gasteiger partial charge in [0.05, 0.1) is 5.88 Å². The van der Waals surface area contributed by atoms with Crippen molar-refractivity contribution in [3.8, 4) is 0 Å². The van der Waals surface area contributed by atoms with Crippen LogP contribution in [-0.4, -0.2) is 24.4 Å². The van der Waals surface area contributed by atoms with Crippen LogP contribution >= 0.6 is 11.6 Å². The number of carbonyl (C=O) groups is 2. The molecular weight excluding hydrogens is 268 g/mol. The maximum absolute atomic E-state index is 11.8. The van der Waals surface area contributed by atoms with E-state index in [1.165, 1.54) is 0 Å². The molecule has 2 N–H and O–H groups in total. The van der Waals surface area contributed by atoms with E-state index in [0.717, 1.165) is 5.56 Å². The van der Waals surface area contributed by atoms with Gasteiger partial charge in [0, 0.05) is 24.6 Å². The summed E-state index contributed by atoms with van der Waals surface area (Å²) in [6.45, 7) is 5.80. The van der Waals surface area contributed by atoms with E-state index in [0.29, 0.717) is 11.6 Å². The van der Waals surface area contributed by atoms with Crippen molar-refractivity contribution in [1.82, 2.24) is 10.6 Å². The topological polar surface area (TPSA) is 71.3 Å². The molecule has 0 aromatic carbocycles. The number of hydrogen-bond donors (Lipinski definition) is 2. The van der Waals surface area contributed by atoms with Crippen molar-refractivity contribution in [1.29, 1.82) is 0 Å². The minimum absolute atomic E-state index is 0.0904. The summed E-state index contributed by atoms with van der Waals surface area (Å²) in [5.41, 5.74) is 0.796. The molecule has 0 atom stereocenters. The lowest BCUT2D eigenvalue weighted by Gasteiger charge is -2.08. The number of carbonyl (C=O) groups excluding carboxylic acids is 2. The molecule has 0 fully saturated rings. The average Bonchev–Trinajstić information content (AvgIpc) is 2.69. The normalized spacial score (nSPS) is 10.6. The predicted molar refractivity (Wildman–Crippen MR) is 73.2 cm³/mol. The van der Waals surface area contributed by atoms with Gasteiger partial charge in [-0.2, -0.15) is 0 Å². The Labute approximate surface area is 117 Å². The van der Waals surface area contributed by atoms with Crippen LogP contribution in [0.1, 0.15) is 42.1 Å². The lowest BCUT2D eigenvalue weighted by atomic mass is 10.2. The Kier molecular flexibility index (Phi) is 5.89. The highest BCUT2D eigenvalue weighted by molar-refractivity contribution is 6.17. The highest BCUT2D eigenvalue weighted by Crippen LogP contribution is 2.16. The van der Waals surface area contributed by atoms with Crippen LogP contribution in [0.4, 0.5) is 0 Å². The number of alkyl halides is 1. The Morgan fingerprint density at radius 1 is 1.42 bits per heavy atom.